The Morgan fingerprint density at radius 1 is 1.31 bits per heavy atom. The molecule has 0 fully saturated rings. The number of halogens is 1. The molecule has 0 saturated heterocycles. The van der Waals surface area contributed by atoms with Gasteiger partial charge in [-0.2, -0.15) is 0 Å². The molecule has 13 heavy (non-hydrogen) atoms. The first-order valence-electron chi connectivity index (χ1n) is 3.58. The van der Waals surface area contributed by atoms with Crippen LogP contribution in [0.4, 0.5) is 5.82 Å². The highest BCUT2D eigenvalue weighted by molar-refractivity contribution is 6.28. The lowest BCUT2D eigenvalue weighted by atomic mass is 10.2. The number of aromatic nitrogens is 2. The van der Waals surface area contributed by atoms with Gasteiger partial charge in [0.1, 0.15) is 11.6 Å². The van der Waals surface area contributed by atoms with E-state index in [2.05, 4.69) is 9.97 Å². The van der Waals surface area contributed by atoms with Crippen molar-refractivity contribution < 1.29 is 5.11 Å². The summed E-state index contributed by atoms with van der Waals surface area (Å²) in [6.07, 6.45) is 0. The third-order valence-electron chi connectivity index (χ3n) is 1.68. The molecule has 1 aromatic heterocycles. The van der Waals surface area contributed by atoms with Gasteiger partial charge in [0.05, 0.1) is 5.52 Å². The van der Waals surface area contributed by atoms with Crippen molar-refractivity contribution in [2.75, 3.05) is 5.73 Å². The van der Waals surface area contributed by atoms with Crippen molar-refractivity contribution >= 4 is 28.3 Å². The third kappa shape index (κ3) is 1.36. The predicted octanol–water partition coefficient (Wildman–Crippen LogP) is 1.57. The molecule has 0 aliphatic carbocycles. The smallest absolute Gasteiger partial charge is 0.224 e. The number of nitrogen functional groups attached to an aromatic ring is 1. The van der Waals surface area contributed by atoms with E-state index in [4.69, 9.17) is 17.3 Å². The summed E-state index contributed by atoms with van der Waals surface area (Å²) in [6.45, 7) is 0. The van der Waals surface area contributed by atoms with Crippen LogP contribution >= 0.6 is 11.6 Å². The number of fused-ring (bicyclic) bond motifs is 1. The molecule has 0 amide bonds. The summed E-state index contributed by atoms with van der Waals surface area (Å²) in [5.74, 6) is 0.399. The lowest BCUT2D eigenvalue weighted by molar-refractivity contribution is 0.476. The van der Waals surface area contributed by atoms with Crippen LogP contribution in [0.5, 0.6) is 5.75 Å². The molecule has 0 radical (unpaired) electrons. The number of aromatic hydroxyl groups is 1. The Morgan fingerprint density at radius 3 is 2.85 bits per heavy atom. The van der Waals surface area contributed by atoms with Gasteiger partial charge in [0.15, 0.2) is 0 Å². The molecule has 3 N–H and O–H groups in total. The molecular formula is C8H6ClN3O. The lowest BCUT2D eigenvalue weighted by Gasteiger charge is -2.01. The first-order valence-corrected chi connectivity index (χ1v) is 3.96. The van der Waals surface area contributed by atoms with Crippen LogP contribution in [-0.4, -0.2) is 15.1 Å². The Labute approximate surface area is 79.0 Å². The first-order chi connectivity index (χ1) is 6.16. The molecule has 0 aliphatic rings. The maximum atomic E-state index is 9.18. The van der Waals surface area contributed by atoms with Crippen molar-refractivity contribution in [3.05, 3.63) is 23.5 Å². The lowest BCUT2D eigenvalue weighted by Crippen LogP contribution is -1.94. The summed E-state index contributed by atoms with van der Waals surface area (Å²) in [4.78, 5) is 7.70. The van der Waals surface area contributed by atoms with E-state index >= 15 is 0 Å². The molecule has 0 spiro atoms. The van der Waals surface area contributed by atoms with Gasteiger partial charge in [-0.1, -0.05) is 0 Å². The van der Waals surface area contributed by atoms with E-state index in [0.717, 1.165) is 0 Å². The number of nitrogens with zero attached hydrogens (tertiary/aromatic N) is 2. The number of hydrogen-bond donors (Lipinski definition) is 2. The van der Waals surface area contributed by atoms with Crippen molar-refractivity contribution in [2.24, 2.45) is 0 Å². The van der Waals surface area contributed by atoms with Crippen LogP contribution in [0, 0.1) is 0 Å². The van der Waals surface area contributed by atoms with Gasteiger partial charge in [-0.05, 0) is 29.8 Å². The molecule has 0 bridgehead atoms. The van der Waals surface area contributed by atoms with Crippen LogP contribution in [-0.2, 0) is 0 Å². The Bertz CT molecular complexity index is 472. The van der Waals surface area contributed by atoms with E-state index in [1.807, 2.05) is 0 Å². The molecule has 0 saturated carbocycles. The van der Waals surface area contributed by atoms with E-state index in [1.54, 1.807) is 6.07 Å². The molecular weight excluding hydrogens is 190 g/mol. The van der Waals surface area contributed by atoms with Gasteiger partial charge < -0.3 is 10.8 Å². The van der Waals surface area contributed by atoms with Gasteiger partial charge in [-0.25, -0.2) is 9.97 Å². The fraction of sp³-hybridized carbons (Fsp3) is 0. The molecule has 1 heterocycles. The standard InChI is InChI=1S/C8H6ClN3O/c9-8-11-6-2-1-4(13)3-5(6)7(10)12-8/h1-3,13H,(H2,10,11,12). The Kier molecular flexibility index (Phi) is 1.70. The summed E-state index contributed by atoms with van der Waals surface area (Å²) >= 11 is 5.60. The molecule has 4 nitrogen and oxygen atoms in total. The zero-order valence-corrected chi connectivity index (χ0v) is 7.28. The SMILES string of the molecule is Nc1nc(Cl)nc2ccc(O)cc12. The van der Waals surface area contributed by atoms with Crippen LogP contribution in [0.25, 0.3) is 10.9 Å². The molecule has 1 aromatic carbocycles. The number of phenolic OH excluding ortho intramolecular Hbond substituents is 1. The topological polar surface area (TPSA) is 72.0 Å². The highest BCUT2D eigenvalue weighted by Gasteiger charge is 2.03. The van der Waals surface area contributed by atoms with Gasteiger partial charge >= 0.3 is 0 Å². The Hall–Kier alpha value is -1.55. The minimum absolute atomic E-state index is 0.107. The number of rotatable bonds is 0. The zero-order chi connectivity index (χ0) is 9.42. The molecule has 0 unspecified atom stereocenters. The van der Waals surface area contributed by atoms with Gasteiger partial charge in [0.2, 0.25) is 5.28 Å². The summed E-state index contributed by atoms with van der Waals surface area (Å²) < 4.78 is 0. The maximum Gasteiger partial charge on any atom is 0.224 e. The fourth-order valence-electron chi connectivity index (χ4n) is 1.11. The Morgan fingerprint density at radius 2 is 2.08 bits per heavy atom. The fourth-order valence-corrected chi connectivity index (χ4v) is 1.29. The largest absolute Gasteiger partial charge is 0.508 e. The maximum absolute atomic E-state index is 9.18. The van der Waals surface area contributed by atoms with Crippen LogP contribution < -0.4 is 5.73 Å². The average molecular weight is 196 g/mol. The minimum Gasteiger partial charge on any atom is -0.508 e. The van der Waals surface area contributed by atoms with E-state index in [0.29, 0.717) is 10.9 Å². The quantitative estimate of drug-likeness (QED) is 0.626. The summed E-state index contributed by atoms with van der Waals surface area (Å²) in [5, 5.41) is 9.89. The highest BCUT2D eigenvalue weighted by atomic mass is 35.5. The molecule has 66 valence electrons. The van der Waals surface area contributed by atoms with Crippen molar-refractivity contribution in [1.82, 2.24) is 9.97 Å². The number of benzene rings is 1. The summed E-state index contributed by atoms with van der Waals surface area (Å²) in [6, 6.07) is 4.65. The van der Waals surface area contributed by atoms with Gasteiger partial charge in [-0.3, -0.25) is 0 Å². The second-order valence-electron chi connectivity index (χ2n) is 2.58. The average Bonchev–Trinajstić information content (AvgIpc) is 2.06. The van der Waals surface area contributed by atoms with E-state index < -0.39 is 0 Å². The van der Waals surface area contributed by atoms with Crippen molar-refractivity contribution in [1.29, 1.82) is 0 Å². The van der Waals surface area contributed by atoms with Gasteiger partial charge in [0.25, 0.3) is 0 Å². The second-order valence-corrected chi connectivity index (χ2v) is 2.92. The monoisotopic (exact) mass is 195 g/mol. The molecule has 0 atom stereocenters. The molecule has 2 aromatic rings. The second kappa shape index (κ2) is 2.74. The molecule has 0 aliphatic heterocycles. The van der Waals surface area contributed by atoms with E-state index in [-0.39, 0.29) is 16.9 Å². The Balaban J connectivity index is 2.87. The summed E-state index contributed by atoms with van der Waals surface area (Å²) in [5.41, 5.74) is 6.20. The zero-order valence-electron chi connectivity index (χ0n) is 6.53. The van der Waals surface area contributed by atoms with Gasteiger partial charge in [0, 0.05) is 5.39 Å². The minimum atomic E-state index is 0.107. The van der Waals surface area contributed by atoms with Crippen LogP contribution in [0.1, 0.15) is 0 Å². The van der Waals surface area contributed by atoms with E-state index in [1.165, 1.54) is 12.1 Å². The molecule has 2 rings (SSSR count). The van der Waals surface area contributed by atoms with Crippen LogP contribution in [0.2, 0.25) is 5.28 Å². The first kappa shape index (κ1) is 8.07. The summed E-state index contributed by atoms with van der Waals surface area (Å²) in [7, 11) is 0. The van der Waals surface area contributed by atoms with E-state index in [9.17, 15) is 5.11 Å². The van der Waals surface area contributed by atoms with Crippen LogP contribution in [0.3, 0.4) is 0 Å². The number of phenols is 1. The third-order valence-corrected chi connectivity index (χ3v) is 1.85. The van der Waals surface area contributed by atoms with Gasteiger partial charge in [-0.15, -0.1) is 0 Å². The predicted molar refractivity (Wildman–Crippen MR) is 50.6 cm³/mol. The number of nitrogens with two attached hydrogens (primary N) is 1. The van der Waals surface area contributed by atoms with Crippen LogP contribution in [0.15, 0.2) is 18.2 Å². The highest BCUT2D eigenvalue weighted by Crippen LogP contribution is 2.23. The van der Waals surface area contributed by atoms with Crippen molar-refractivity contribution in [3.8, 4) is 5.75 Å². The van der Waals surface area contributed by atoms with Crippen molar-refractivity contribution in [2.45, 2.75) is 0 Å². The number of anilines is 1. The van der Waals surface area contributed by atoms with Crippen molar-refractivity contribution in [3.63, 3.8) is 0 Å². The molecule has 5 heteroatoms. The normalized spacial score (nSPS) is 10.5. The number of hydrogen-bond acceptors (Lipinski definition) is 4.